The third-order valence-corrected chi connectivity index (χ3v) is 8.35. The number of nitriles is 1. The molecule has 1 saturated heterocycles. The third-order valence-electron chi connectivity index (χ3n) is 6.60. The van der Waals surface area contributed by atoms with Crippen LogP contribution in [-0.4, -0.2) is 50.4 Å². The van der Waals surface area contributed by atoms with Gasteiger partial charge >= 0.3 is 6.09 Å². The van der Waals surface area contributed by atoms with Gasteiger partial charge in [0.2, 0.25) is 0 Å². The number of rotatable bonds is 9. The van der Waals surface area contributed by atoms with E-state index < -0.39 is 33.0 Å². The first kappa shape index (κ1) is 29.3. The molecule has 2 aromatic carbocycles. The zero-order valence-electron chi connectivity index (χ0n) is 22.5. The predicted octanol–water partition coefficient (Wildman–Crippen LogP) is 4.86. The number of hydrogen-bond donors (Lipinski definition) is 1. The Balaban J connectivity index is 1.68. The first-order valence-corrected chi connectivity index (χ1v) is 14.5. The van der Waals surface area contributed by atoms with Crippen LogP contribution in [0.1, 0.15) is 52.5 Å². The van der Waals surface area contributed by atoms with E-state index in [1.165, 1.54) is 0 Å². The van der Waals surface area contributed by atoms with Crippen LogP contribution in [-0.2, 0) is 30.5 Å². The maximum atomic E-state index is 13.4. The van der Waals surface area contributed by atoms with Gasteiger partial charge in [-0.05, 0) is 56.0 Å². The summed E-state index contributed by atoms with van der Waals surface area (Å²) in [6, 6.07) is 16.7. The highest BCUT2D eigenvalue weighted by atomic mass is 32.2. The van der Waals surface area contributed by atoms with Gasteiger partial charge in [0.25, 0.3) is 0 Å². The SMILES string of the molecule is CCS(=O)(=O)c1ccc(-c2ccc(C[C@@H](C#N)CC(=O)C3(NC(=O)OC(C)(C)C)CCOCC3)cc2)cc1. The van der Waals surface area contributed by atoms with Crippen LogP contribution in [0.4, 0.5) is 4.79 Å². The van der Waals surface area contributed by atoms with Crippen LogP contribution in [0.25, 0.3) is 11.1 Å². The topological polar surface area (TPSA) is 123 Å². The molecule has 0 saturated carbocycles. The molecule has 0 aromatic heterocycles. The fraction of sp³-hybridized carbons (Fsp3) is 0.483. The van der Waals surface area contributed by atoms with E-state index >= 15 is 0 Å². The molecule has 0 spiro atoms. The Morgan fingerprint density at radius 3 is 2.11 bits per heavy atom. The van der Waals surface area contributed by atoms with Crippen molar-refractivity contribution in [2.24, 2.45) is 5.92 Å². The van der Waals surface area contributed by atoms with Crippen molar-refractivity contribution in [3.63, 3.8) is 0 Å². The lowest BCUT2D eigenvalue weighted by Crippen LogP contribution is -2.58. The molecule has 0 bridgehead atoms. The molecule has 0 unspecified atom stereocenters. The monoisotopic (exact) mass is 540 g/mol. The summed E-state index contributed by atoms with van der Waals surface area (Å²) in [6.07, 6.45) is 0.389. The Hall–Kier alpha value is -3.22. The molecule has 38 heavy (non-hydrogen) atoms. The van der Waals surface area contributed by atoms with E-state index in [2.05, 4.69) is 11.4 Å². The number of carbonyl (C=O) groups excluding carboxylic acids is 2. The highest BCUT2D eigenvalue weighted by molar-refractivity contribution is 7.91. The van der Waals surface area contributed by atoms with Crippen LogP contribution >= 0.6 is 0 Å². The van der Waals surface area contributed by atoms with Crippen molar-refractivity contribution in [1.82, 2.24) is 5.32 Å². The molecule has 2 aromatic rings. The molecule has 1 heterocycles. The lowest BCUT2D eigenvalue weighted by Gasteiger charge is -2.37. The van der Waals surface area contributed by atoms with E-state index in [0.29, 0.717) is 37.4 Å². The number of ketones is 1. The fourth-order valence-electron chi connectivity index (χ4n) is 4.41. The number of carbonyl (C=O) groups is 2. The molecule has 204 valence electrons. The number of nitrogens with one attached hydrogen (secondary N) is 1. The van der Waals surface area contributed by atoms with E-state index in [1.807, 2.05) is 24.3 Å². The zero-order valence-corrected chi connectivity index (χ0v) is 23.3. The minimum atomic E-state index is -3.25. The lowest BCUT2D eigenvalue weighted by molar-refractivity contribution is -0.130. The summed E-state index contributed by atoms with van der Waals surface area (Å²) < 4.78 is 34.9. The van der Waals surface area contributed by atoms with E-state index in [0.717, 1.165) is 16.7 Å². The first-order chi connectivity index (χ1) is 17.9. The third kappa shape index (κ3) is 7.65. The summed E-state index contributed by atoms with van der Waals surface area (Å²) in [5, 5.41) is 12.6. The molecule has 1 amide bonds. The molecule has 9 heteroatoms. The smallest absolute Gasteiger partial charge is 0.408 e. The Bertz CT molecular complexity index is 1270. The van der Waals surface area contributed by atoms with Gasteiger partial charge in [0.05, 0.1) is 22.6 Å². The second kappa shape index (κ2) is 12.1. The minimum absolute atomic E-state index is 0.00140. The molecule has 0 aliphatic carbocycles. The van der Waals surface area contributed by atoms with Gasteiger partial charge in [0.15, 0.2) is 15.6 Å². The number of alkyl carbamates (subject to hydrolysis) is 1. The fourth-order valence-corrected chi connectivity index (χ4v) is 5.30. The highest BCUT2D eigenvalue weighted by Gasteiger charge is 2.42. The summed E-state index contributed by atoms with van der Waals surface area (Å²) in [6.45, 7) is 7.57. The van der Waals surface area contributed by atoms with Gasteiger partial charge in [0.1, 0.15) is 11.1 Å². The minimum Gasteiger partial charge on any atom is -0.444 e. The van der Waals surface area contributed by atoms with Crippen molar-refractivity contribution in [2.45, 2.75) is 69.4 Å². The number of ether oxygens (including phenoxy) is 2. The molecular formula is C29H36N2O6S. The number of sulfone groups is 1. The molecule has 1 aliphatic rings. The number of nitrogens with zero attached hydrogens (tertiary/aromatic N) is 1. The van der Waals surface area contributed by atoms with Gasteiger partial charge in [-0.1, -0.05) is 43.3 Å². The number of amides is 1. The van der Waals surface area contributed by atoms with Gasteiger partial charge < -0.3 is 14.8 Å². The second-order valence-electron chi connectivity index (χ2n) is 10.6. The van der Waals surface area contributed by atoms with E-state index in [9.17, 15) is 23.3 Å². The van der Waals surface area contributed by atoms with Crippen molar-refractivity contribution < 1.29 is 27.5 Å². The van der Waals surface area contributed by atoms with Crippen molar-refractivity contribution in [1.29, 1.82) is 5.26 Å². The van der Waals surface area contributed by atoms with Crippen molar-refractivity contribution in [3.8, 4) is 17.2 Å². The Kier molecular flexibility index (Phi) is 9.34. The average Bonchev–Trinajstić information content (AvgIpc) is 2.88. The molecule has 1 fully saturated rings. The van der Waals surface area contributed by atoms with Crippen molar-refractivity contribution >= 4 is 21.7 Å². The quantitative estimate of drug-likeness (QED) is 0.482. The molecule has 1 N–H and O–H groups in total. The average molecular weight is 541 g/mol. The number of hydrogen-bond acceptors (Lipinski definition) is 7. The molecule has 8 nitrogen and oxygen atoms in total. The Morgan fingerprint density at radius 2 is 1.61 bits per heavy atom. The Morgan fingerprint density at radius 1 is 1.05 bits per heavy atom. The van der Waals surface area contributed by atoms with Crippen molar-refractivity contribution in [3.05, 3.63) is 54.1 Å². The van der Waals surface area contributed by atoms with Crippen LogP contribution in [0, 0.1) is 17.2 Å². The molecular weight excluding hydrogens is 504 g/mol. The number of benzene rings is 2. The van der Waals surface area contributed by atoms with Gasteiger partial charge in [-0.25, -0.2) is 13.2 Å². The van der Waals surface area contributed by atoms with E-state index in [1.54, 1.807) is 52.0 Å². The zero-order chi connectivity index (χ0) is 28.0. The second-order valence-corrected chi connectivity index (χ2v) is 12.9. The lowest BCUT2D eigenvalue weighted by atomic mass is 9.80. The van der Waals surface area contributed by atoms with Crippen LogP contribution < -0.4 is 5.32 Å². The summed E-state index contributed by atoms with van der Waals surface area (Å²) in [7, 11) is -3.25. The van der Waals surface area contributed by atoms with E-state index in [4.69, 9.17) is 9.47 Å². The van der Waals surface area contributed by atoms with Crippen LogP contribution in [0.5, 0.6) is 0 Å². The van der Waals surface area contributed by atoms with Gasteiger partial charge in [-0.2, -0.15) is 5.26 Å². The maximum absolute atomic E-state index is 13.4. The summed E-state index contributed by atoms with van der Waals surface area (Å²) in [4.78, 5) is 26.2. The molecule has 1 aliphatic heterocycles. The number of Topliss-reactive ketones (excluding diaryl/α,β-unsaturated/α-hetero) is 1. The standard InChI is InChI=1S/C29H36N2O6S/c1-5-38(34,35)25-12-10-24(11-13-25)23-8-6-21(7-9-23)18-22(20-30)19-26(32)29(14-16-36-17-15-29)31-27(33)37-28(2,3)4/h6-13,22H,5,14-19H2,1-4H3,(H,31,33)/t22-/m1/s1. The van der Waals surface area contributed by atoms with Crippen LogP contribution in [0.3, 0.4) is 0 Å². The van der Waals surface area contributed by atoms with Gasteiger partial charge in [-0.3, -0.25) is 4.79 Å². The molecule has 1 atom stereocenters. The predicted molar refractivity (Wildman–Crippen MR) is 144 cm³/mol. The summed E-state index contributed by atoms with van der Waals surface area (Å²) >= 11 is 0. The van der Waals surface area contributed by atoms with Gasteiger partial charge in [0, 0.05) is 32.5 Å². The maximum Gasteiger partial charge on any atom is 0.408 e. The largest absolute Gasteiger partial charge is 0.444 e. The first-order valence-electron chi connectivity index (χ1n) is 12.8. The van der Waals surface area contributed by atoms with Crippen LogP contribution in [0.2, 0.25) is 0 Å². The van der Waals surface area contributed by atoms with Crippen molar-refractivity contribution in [2.75, 3.05) is 19.0 Å². The summed E-state index contributed by atoms with van der Waals surface area (Å²) in [5.41, 5.74) is 0.891. The molecule has 3 rings (SSSR count). The van der Waals surface area contributed by atoms with Crippen LogP contribution in [0.15, 0.2) is 53.4 Å². The normalized spacial score (nSPS) is 16.2. The Labute approximate surface area is 225 Å². The highest BCUT2D eigenvalue weighted by Crippen LogP contribution is 2.28. The van der Waals surface area contributed by atoms with Gasteiger partial charge in [-0.15, -0.1) is 0 Å². The molecule has 0 radical (unpaired) electrons. The van der Waals surface area contributed by atoms with E-state index in [-0.39, 0.29) is 18.0 Å². The summed E-state index contributed by atoms with van der Waals surface area (Å²) in [5.74, 6) is -0.709.